The molecule has 0 radical (unpaired) electrons. The average molecular weight is 391 g/mol. The number of fused-ring (bicyclic) bond motifs is 1. The first-order valence-corrected chi connectivity index (χ1v) is 9.04. The van der Waals surface area contributed by atoms with Crippen molar-refractivity contribution in [2.24, 2.45) is 0 Å². The zero-order valence-electron chi connectivity index (χ0n) is 13.8. The third-order valence-corrected chi connectivity index (χ3v) is 4.47. The van der Waals surface area contributed by atoms with Crippen LogP contribution in [0.2, 0.25) is 0 Å². The molecule has 3 rings (SSSR count). The van der Waals surface area contributed by atoms with Crippen molar-refractivity contribution in [3.8, 4) is 0 Å². The molecule has 0 saturated heterocycles. The number of hydrogen-bond donors (Lipinski definition) is 1. The highest BCUT2D eigenvalue weighted by Gasteiger charge is 2.27. The van der Waals surface area contributed by atoms with E-state index in [1.165, 1.54) is 16.2 Å². The molecular weight excluding hydrogens is 376 g/mol. The number of esters is 1. The van der Waals surface area contributed by atoms with Crippen molar-refractivity contribution in [3.63, 3.8) is 0 Å². The molecule has 2 amide bonds. The fourth-order valence-corrected chi connectivity index (χ4v) is 3.17. The summed E-state index contributed by atoms with van der Waals surface area (Å²) in [6, 6.07) is 10.4. The maximum absolute atomic E-state index is 12.4. The number of carbonyl (C=O) groups is 2. The second kappa shape index (κ2) is 8.11. The largest absolute Gasteiger partial charge is 0.461 e. The van der Waals surface area contributed by atoms with E-state index in [0.29, 0.717) is 10.3 Å². The van der Waals surface area contributed by atoms with E-state index < -0.39 is 12.0 Å². The van der Waals surface area contributed by atoms with E-state index in [1.807, 2.05) is 35.7 Å². The van der Waals surface area contributed by atoms with E-state index in [2.05, 4.69) is 14.8 Å². The molecule has 2 aromatic heterocycles. The van der Waals surface area contributed by atoms with Gasteiger partial charge < -0.3 is 4.74 Å². The zero-order valence-corrected chi connectivity index (χ0v) is 15.4. The molecule has 0 aliphatic carbocycles. The third-order valence-electron chi connectivity index (χ3n) is 3.51. The number of aromatic nitrogens is 2. The Morgan fingerprint density at radius 1 is 1.23 bits per heavy atom. The highest BCUT2D eigenvalue weighted by atomic mass is 35.5. The fourth-order valence-electron chi connectivity index (χ4n) is 2.37. The maximum atomic E-state index is 12.4. The predicted octanol–water partition coefficient (Wildman–Crippen LogP) is 3.74. The van der Waals surface area contributed by atoms with Crippen molar-refractivity contribution in [2.75, 3.05) is 11.5 Å². The van der Waals surface area contributed by atoms with E-state index in [0.717, 1.165) is 5.56 Å². The van der Waals surface area contributed by atoms with Gasteiger partial charge in [0.05, 0.1) is 13.2 Å². The number of thiophene rings is 1. The van der Waals surface area contributed by atoms with E-state index >= 15 is 0 Å². The Labute approximate surface area is 158 Å². The number of benzene rings is 1. The highest BCUT2D eigenvalue weighted by molar-refractivity contribution is 7.16. The van der Waals surface area contributed by atoms with Crippen LogP contribution in [0.3, 0.4) is 0 Å². The van der Waals surface area contributed by atoms with Gasteiger partial charge in [-0.2, -0.15) is 0 Å². The van der Waals surface area contributed by atoms with Gasteiger partial charge in [-0.15, -0.1) is 11.3 Å². The van der Waals surface area contributed by atoms with Crippen molar-refractivity contribution >= 4 is 51.3 Å². The lowest BCUT2D eigenvalue weighted by molar-refractivity contribution is 0.0520. The van der Waals surface area contributed by atoms with E-state index in [1.54, 1.807) is 13.0 Å². The molecule has 0 unspecified atom stereocenters. The third kappa shape index (κ3) is 3.76. The molecular formula is C17H15ClN4O3S. The van der Waals surface area contributed by atoms with Crippen LogP contribution in [0.5, 0.6) is 0 Å². The van der Waals surface area contributed by atoms with E-state index in [9.17, 15) is 9.59 Å². The van der Waals surface area contributed by atoms with Gasteiger partial charge in [-0.25, -0.2) is 24.4 Å². The Balaban J connectivity index is 2.11. The second-order valence-electron chi connectivity index (χ2n) is 5.20. The lowest BCUT2D eigenvalue weighted by atomic mass is 10.2. The Morgan fingerprint density at radius 3 is 2.69 bits per heavy atom. The van der Waals surface area contributed by atoms with Crippen LogP contribution in [0, 0.1) is 0 Å². The molecule has 0 fully saturated rings. The van der Waals surface area contributed by atoms with Crippen LogP contribution < -0.4 is 9.74 Å². The van der Waals surface area contributed by atoms with Gasteiger partial charge >= 0.3 is 12.0 Å². The number of urea groups is 1. The highest BCUT2D eigenvalue weighted by Crippen LogP contribution is 2.26. The summed E-state index contributed by atoms with van der Waals surface area (Å²) < 4.78 is 5.08. The van der Waals surface area contributed by atoms with Crippen LogP contribution in [0.4, 0.5) is 10.6 Å². The minimum atomic E-state index is -0.650. The molecule has 0 aliphatic rings. The average Bonchev–Trinajstić information content (AvgIpc) is 3.13. The number of amides is 2. The molecule has 1 N–H and O–H groups in total. The molecule has 134 valence electrons. The summed E-state index contributed by atoms with van der Waals surface area (Å²) in [4.78, 5) is 37.5. The van der Waals surface area contributed by atoms with E-state index in [-0.39, 0.29) is 24.7 Å². The first kappa shape index (κ1) is 18.1. The van der Waals surface area contributed by atoms with Crippen LogP contribution in [0.1, 0.15) is 23.0 Å². The van der Waals surface area contributed by atoms with E-state index in [4.69, 9.17) is 16.5 Å². The summed E-state index contributed by atoms with van der Waals surface area (Å²) >= 11 is 6.91. The Bertz CT molecular complexity index is 932. The van der Waals surface area contributed by atoms with Crippen molar-refractivity contribution < 1.29 is 14.3 Å². The summed E-state index contributed by atoms with van der Waals surface area (Å²) in [5, 5.41) is 1.81. The molecule has 0 aliphatic heterocycles. The molecule has 0 bridgehead atoms. The van der Waals surface area contributed by atoms with Gasteiger partial charge in [0.1, 0.15) is 10.3 Å². The van der Waals surface area contributed by atoms with Crippen molar-refractivity contribution in [2.45, 2.75) is 13.5 Å². The summed E-state index contributed by atoms with van der Waals surface area (Å²) in [6.07, 6.45) is 0. The number of ether oxygens (including phenoxy) is 1. The van der Waals surface area contributed by atoms with Gasteiger partial charge in [0.25, 0.3) is 0 Å². The standard InChI is InChI=1S/C17H15ClN4O3S/c1-2-25-16(23)13-14(20-15-12(19-13)8-9-26-15)22(17(24)21-18)10-11-6-4-3-5-7-11/h3-9H,2,10H2,1H3,(H,21,24). The molecule has 0 spiro atoms. The monoisotopic (exact) mass is 390 g/mol. The number of hydrogen-bond acceptors (Lipinski definition) is 6. The van der Waals surface area contributed by atoms with Crippen LogP contribution in [0.15, 0.2) is 41.8 Å². The molecule has 0 atom stereocenters. The zero-order chi connectivity index (χ0) is 18.5. The Hall–Kier alpha value is -2.71. The summed E-state index contributed by atoms with van der Waals surface area (Å²) in [6.45, 7) is 2.04. The topological polar surface area (TPSA) is 84.4 Å². The van der Waals surface area contributed by atoms with Gasteiger partial charge in [0, 0.05) is 11.8 Å². The van der Waals surface area contributed by atoms with Crippen LogP contribution in [-0.4, -0.2) is 28.6 Å². The number of nitrogens with zero attached hydrogens (tertiary/aromatic N) is 3. The normalized spacial score (nSPS) is 10.5. The number of anilines is 1. The predicted molar refractivity (Wildman–Crippen MR) is 100 cm³/mol. The first-order chi connectivity index (χ1) is 12.6. The summed E-state index contributed by atoms with van der Waals surface area (Å²) in [7, 11) is 0. The summed E-state index contributed by atoms with van der Waals surface area (Å²) in [5.41, 5.74) is 1.37. The number of nitrogens with one attached hydrogen (secondary N) is 1. The maximum Gasteiger partial charge on any atom is 0.360 e. The van der Waals surface area contributed by atoms with Gasteiger partial charge in [-0.05, 0) is 23.9 Å². The van der Waals surface area contributed by atoms with Crippen molar-refractivity contribution in [1.29, 1.82) is 0 Å². The van der Waals surface area contributed by atoms with Crippen molar-refractivity contribution in [1.82, 2.24) is 14.8 Å². The van der Waals surface area contributed by atoms with Crippen LogP contribution in [0.25, 0.3) is 10.3 Å². The SMILES string of the molecule is CCOC(=O)c1nc2ccsc2nc1N(Cc1ccccc1)C(=O)NCl. The summed E-state index contributed by atoms with van der Waals surface area (Å²) in [5.74, 6) is -0.552. The molecule has 1 aromatic carbocycles. The van der Waals surface area contributed by atoms with Gasteiger partial charge in [0.2, 0.25) is 0 Å². The molecule has 0 saturated carbocycles. The van der Waals surface area contributed by atoms with Gasteiger partial charge in [0.15, 0.2) is 11.5 Å². The minimum Gasteiger partial charge on any atom is -0.461 e. The lowest BCUT2D eigenvalue weighted by Crippen LogP contribution is -2.37. The second-order valence-corrected chi connectivity index (χ2v) is 6.28. The Morgan fingerprint density at radius 2 is 2.00 bits per heavy atom. The quantitative estimate of drug-likeness (QED) is 0.530. The fraction of sp³-hybridized carbons (Fsp3) is 0.176. The molecule has 7 nitrogen and oxygen atoms in total. The molecule has 26 heavy (non-hydrogen) atoms. The number of halogens is 1. The molecule has 9 heteroatoms. The minimum absolute atomic E-state index is 0.0334. The van der Waals surface area contributed by atoms with Gasteiger partial charge in [-0.1, -0.05) is 30.3 Å². The Kier molecular flexibility index (Phi) is 5.65. The van der Waals surface area contributed by atoms with Crippen LogP contribution >= 0.6 is 23.1 Å². The lowest BCUT2D eigenvalue weighted by Gasteiger charge is -2.22. The number of carbonyl (C=O) groups excluding carboxylic acids is 2. The van der Waals surface area contributed by atoms with Crippen LogP contribution in [-0.2, 0) is 11.3 Å². The smallest absolute Gasteiger partial charge is 0.360 e. The van der Waals surface area contributed by atoms with Gasteiger partial charge in [-0.3, -0.25) is 4.90 Å². The van der Waals surface area contributed by atoms with Crippen molar-refractivity contribution in [3.05, 3.63) is 53.0 Å². The number of rotatable bonds is 5. The first-order valence-electron chi connectivity index (χ1n) is 7.78. The molecule has 2 heterocycles. The molecule has 3 aromatic rings.